The number of primary sulfonamides is 1. The van der Waals surface area contributed by atoms with Crippen LogP contribution in [0.4, 0.5) is 0 Å². The molecule has 0 radical (unpaired) electrons. The molecule has 3 rings (SSSR count). The Morgan fingerprint density at radius 3 is 2.32 bits per heavy atom. The van der Waals surface area contributed by atoms with Gasteiger partial charge in [-0.25, -0.2) is 18.4 Å². The van der Waals surface area contributed by atoms with Gasteiger partial charge in [0.05, 0.1) is 10.5 Å². The van der Waals surface area contributed by atoms with E-state index >= 15 is 0 Å². The molecule has 1 atom stereocenters. The molecular weight excluding hydrogens is 380 g/mol. The first-order valence-electron chi connectivity index (χ1n) is 8.95. The lowest BCUT2D eigenvalue weighted by Crippen LogP contribution is -2.35. The van der Waals surface area contributed by atoms with E-state index in [9.17, 15) is 18.0 Å². The second-order valence-corrected chi connectivity index (χ2v) is 8.31. The second kappa shape index (κ2) is 8.12. The highest BCUT2D eigenvalue weighted by Crippen LogP contribution is 2.25. The molecule has 0 spiro atoms. The van der Waals surface area contributed by atoms with Gasteiger partial charge in [0.25, 0.3) is 5.91 Å². The maximum Gasteiger partial charge on any atom is 0.339 e. The van der Waals surface area contributed by atoms with Crippen molar-refractivity contribution < 1.29 is 22.7 Å². The maximum absolute atomic E-state index is 13.0. The van der Waals surface area contributed by atoms with E-state index in [0.29, 0.717) is 24.2 Å². The van der Waals surface area contributed by atoms with E-state index in [1.54, 1.807) is 36.1 Å². The molecule has 1 amide bonds. The number of nitrogens with two attached hydrogens (primary N) is 1. The molecule has 1 aliphatic heterocycles. The van der Waals surface area contributed by atoms with Crippen LogP contribution < -0.4 is 5.14 Å². The van der Waals surface area contributed by atoms with Crippen molar-refractivity contribution >= 4 is 21.9 Å². The van der Waals surface area contributed by atoms with Gasteiger partial charge in [0.1, 0.15) is 0 Å². The number of amides is 1. The van der Waals surface area contributed by atoms with Crippen molar-refractivity contribution in [2.45, 2.75) is 30.8 Å². The molecule has 8 heteroatoms. The predicted octanol–water partition coefficient (Wildman–Crippen LogP) is 2.16. The highest BCUT2D eigenvalue weighted by Gasteiger charge is 2.31. The summed E-state index contributed by atoms with van der Waals surface area (Å²) in [5.41, 5.74) is 1.15. The molecule has 148 valence electrons. The first-order chi connectivity index (χ1) is 13.3. The number of nitrogens with zero attached hydrogens (tertiary/aromatic N) is 1. The lowest BCUT2D eigenvalue weighted by molar-refractivity contribution is -0.140. The highest BCUT2D eigenvalue weighted by atomic mass is 32.2. The normalized spacial score (nSPS) is 15.3. The summed E-state index contributed by atoms with van der Waals surface area (Å²) < 4.78 is 28.8. The van der Waals surface area contributed by atoms with Gasteiger partial charge in [0.2, 0.25) is 16.1 Å². The number of benzene rings is 2. The van der Waals surface area contributed by atoms with Crippen molar-refractivity contribution in [1.82, 2.24) is 4.90 Å². The zero-order valence-electron chi connectivity index (χ0n) is 15.5. The summed E-state index contributed by atoms with van der Waals surface area (Å²) in [6.07, 6.45) is 0.734. The Morgan fingerprint density at radius 2 is 1.71 bits per heavy atom. The van der Waals surface area contributed by atoms with E-state index in [4.69, 9.17) is 9.88 Å². The van der Waals surface area contributed by atoms with Gasteiger partial charge in [0.15, 0.2) is 0 Å². The predicted molar refractivity (Wildman–Crippen MR) is 103 cm³/mol. The van der Waals surface area contributed by atoms with Gasteiger partial charge in [-0.05, 0) is 37.5 Å². The van der Waals surface area contributed by atoms with Crippen LogP contribution in [-0.2, 0) is 19.6 Å². The largest absolute Gasteiger partial charge is 0.444 e. The lowest BCUT2D eigenvalue weighted by Gasteiger charge is -2.24. The summed E-state index contributed by atoms with van der Waals surface area (Å²) in [4.78, 5) is 27.3. The molecule has 0 aliphatic carbocycles. The van der Waals surface area contributed by atoms with Crippen molar-refractivity contribution in [2.75, 3.05) is 13.1 Å². The van der Waals surface area contributed by atoms with E-state index in [1.165, 1.54) is 18.2 Å². The SMILES string of the molecule is Cc1ccc(S(N)(=O)=O)cc1C(=O)OC(C(=O)N1CCCC1)c1ccccc1. The molecule has 28 heavy (non-hydrogen) atoms. The van der Waals surface area contributed by atoms with E-state index in [-0.39, 0.29) is 16.4 Å². The zero-order chi connectivity index (χ0) is 20.3. The Kier molecular flexibility index (Phi) is 5.81. The minimum atomic E-state index is -3.97. The van der Waals surface area contributed by atoms with Crippen molar-refractivity contribution in [3.8, 4) is 0 Å². The molecule has 1 aliphatic rings. The molecule has 2 aromatic carbocycles. The van der Waals surface area contributed by atoms with Gasteiger partial charge >= 0.3 is 5.97 Å². The van der Waals surface area contributed by atoms with Crippen molar-refractivity contribution in [2.24, 2.45) is 5.14 Å². The van der Waals surface area contributed by atoms with E-state index in [0.717, 1.165) is 12.8 Å². The van der Waals surface area contributed by atoms with Gasteiger partial charge in [0, 0.05) is 18.7 Å². The molecule has 0 saturated carbocycles. The molecule has 1 saturated heterocycles. The van der Waals surface area contributed by atoms with Crippen LogP contribution in [0.5, 0.6) is 0 Å². The smallest absolute Gasteiger partial charge is 0.339 e. The molecule has 2 aromatic rings. The van der Waals surface area contributed by atoms with Crippen molar-refractivity contribution in [3.05, 3.63) is 65.2 Å². The van der Waals surface area contributed by atoms with Gasteiger partial charge in [-0.2, -0.15) is 0 Å². The van der Waals surface area contributed by atoms with Crippen LogP contribution >= 0.6 is 0 Å². The Labute approximate surface area is 164 Å². The third kappa shape index (κ3) is 4.40. The average Bonchev–Trinajstić information content (AvgIpc) is 3.20. The minimum Gasteiger partial charge on any atom is -0.444 e. The van der Waals surface area contributed by atoms with Crippen LogP contribution in [0.2, 0.25) is 0 Å². The number of esters is 1. The van der Waals surface area contributed by atoms with E-state index in [1.807, 2.05) is 6.07 Å². The van der Waals surface area contributed by atoms with Crippen LogP contribution in [0.15, 0.2) is 53.4 Å². The molecule has 1 unspecified atom stereocenters. The Hall–Kier alpha value is -2.71. The van der Waals surface area contributed by atoms with Crippen LogP contribution in [0, 0.1) is 6.92 Å². The summed E-state index contributed by atoms with van der Waals surface area (Å²) in [5, 5.41) is 5.16. The van der Waals surface area contributed by atoms with Crippen molar-refractivity contribution in [1.29, 1.82) is 0 Å². The number of sulfonamides is 1. The third-order valence-electron chi connectivity index (χ3n) is 4.73. The first kappa shape index (κ1) is 20.0. The fraction of sp³-hybridized carbons (Fsp3) is 0.300. The highest BCUT2D eigenvalue weighted by molar-refractivity contribution is 7.89. The number of hydrogen-bond acceptors (Lipinski definition) is 5. The molecule has 0 aromatic heterocycles. The second-order valence-electron chi connectivity index (χ2n) is 6.75. The van der Waals surface area contributed by atoms with Crippen LogP contribution in [-0.4, -0.2) is 38.3 Å². The number of rotatable bonds is 5. The Bertz CT molecular complexity index is 983. The number of ether oxygens (including phenoxy) is 1. The molecule has 1 fully saturated rings. The molecule has 1 heterocycles. The Balaban J connectivity index is 1.92. The number of likely N-dealkylation sites (tertiary alicyclic amines) is 1. The zero-order valence-corrected chi connectivity index (χ0v) is 16.3. The van der Waals surface area contributed by atoms with Gasteiger partial charge < -0.3 is 9.64 Å². The third-order valence-corrected chi connectivity index (χ3v) is 5.64. The molecule has 7 nitrogen and oxygen atoms in total. The molecular formula is C20H22N2O5S. The lowest BCUT2D eigenvalue weighted by atomic mass is 10.1. The fourth-order valence-corrected chi connectivity index (χ4v) is 3.70. The average molecular weight is 402 g/mol. The summed E-state index contributed by atoms with van der Waals surface area (Å²) in [7, 11) is -3.97. The Morgan fingerprint density at radius 1 is 1.07 bits per heavy atom. The van der Waals surface area contributed by atoms with Gasteiger partial charge in [-0.3, -0.25) is 4.79 Å². The van der Waals surface area contributed by atoms with Crippen molar-refractivity contribution in [3.63, 3.8) is 0 Å². The standard InChI is InChI=1S/C20H22N2O5S/c1-14-9-10-16(28(21,25)26)13-17(14)20(24)27-18(15-7-3-2-4-8-15)19(23)22-11-5-6-12-22/h2-4,7-10,13,18H,5-6,11-12H2,1H3,(H2,21,25,26). The van der Waals surface area contributed by atoms with E-state index < -0.39 is 22.1 Å². The van der Waals surface area contributed by atoms with Gasteiger partial charge in [-0.1, -0.05) is 36.4 Å². The van der Waals surface area contributed by atoms with Crippen LogP contribution in [0.25, 0.3) is 0 Å². The van der Waals surface area contributed by atoms with Gasteiger partial charge in [-0.15, -0.1) is 0 Å². The molecule has 0 bridgehead atoms. The fourth-order valence-electron chi connectivity index (χ4n) is 3.16. The van der Waals surface area contributed by atoms with Crippen LogP contribution in [0.1, 0.15) is 40.4 Å². The summed E-state index contributed by atoms with van der Waals surface area (Å²) in [6.45, 7) is 2.91. The summed E-state index contributed by atoms with van der Waals surface area (Å²) in [5.74, 6) is -1.05. The van der Waals surface area contributed by atoms with E-state index in [2.05, 4.69) is 0 Å². The number of carbonyl (C=O) groups is 2. The summed E-state index contributed by atoms with van der Waals surface area (Å²) in [6, 6.07) is 12.8. The number of hydrogen-bond donors (Lipinski definition) is 1. The molecule has 2 N–H and O–H groups in total. The first-order valence-corrected chi connectivity index (χ1v) is 10.5. The maximum atomic E-state index is 13.0. The van der Waals surface area contributed by atoms with Crippen LogP contribution in [0.3, 0.4) is 0 Å². The number of aryl methyl sites for hydroxylation is 1. The summed E-state index contributed by atoms with van der Waals surface area (Å²) >= 11 is 0. The topological polar surface area (TPSA) is 107 Å². The quantitative estimate of drug-likeness (QED) is 0.772. The monoisotopic (exact) mass is 402 g/mol. The number of carbonyl (C=O) groups excluding carboxylic acids is 2. The minimum absolute atomic E-state index is 0.0571.